The van der Waals surface area contributed by atoms with Crippen molar-refractivity contribution in [1.29, 1.82) is 0 Å². The molecule has 1 N–H and O–H groups in total. The van der Waals surface area contributed by atoms with Crippen molar-refractivity contribution in [1.82, 2.24) is 4.98 Å². The van der Waals surface area contributed by atoms with Crippen molar-refractivity contribution >= 4 is 50.0 Å². The molecule has 1 aliphatic carbocycles. The number of benzene rings is 1. The van der Waals surface area contributed by atoms with Crippen LogP contribution in [0.5, 0.6) is 0 Å². The second kappa shape index (κ2) is 11.8. The van der Waals surface area contributed by atoms with Crippen molar-refractivity contribution < 1.29 is 9.90 Å². The van der Waals surface area contributed by atoms with Gasteiger partial charge in [-0.2, -0.15) is 0 Å². The molecular weight excluding hydrogens is 450 g/mol. The number of carboxylic acids is 1. The number of allylic oxidation sites excluding steroid dienone is 2. The first kappa shape index (κ1) is 24.0. The van der Waals surface area contributed by atoms with Crippen LogP contribution in [0.25, 0.3) is 10.2 Å². The topological polar surface area (TPSA) is 65.8 Å². The van der Waals surface area contributed by atoms with Crippen LogP contribution in [0.4, 0.5) is 5.69 Å². The van der Waals surface area contributed by atoms with Crippen LogP contribution in [0.2, 0.25) is 0 Å². The van der Waals surface area contributed by atoms with Gasteiger partial charge in [-0.1, -0.05) is 31.1 Å². The molecule has 1 aliphatic heterocycles. The Kier molecular flexibility index (Phi) is 8.62. The van der Waals surface area contributed by atoms with Crippen LogP contribution >= 0.6 is 23.1 Å². The lowest BCUT2D eigenvalue weighted by Gasteiger charge is -2.29. The van der Waals surface area contributed by atoms with Gasteiger partial charge in [0, 0.05) is 24.5 Å². The Morgan fingerprint density at radius 2 is 2.15 bits per heavy atom. The predicted octanol–water partition coefficient (Wildman–Crippen LogP) is 6.54. The standard InChI is InChI=1S/C26H33N3O2S2/c1-2-3-4-5-6-10-15-29(17-19-11-8-7-9-12-19)20-13-14-21-23(16-20)33-25(27-21)24-28-22(18-32-24)26(30)31/h2,8,11,13-14,16,19,22H,1,3-7,9-10,12,15,17-18H2,(H,30,31). The predicted molar refractivity (Wildman–Crippen MR) is 142 cm³/mol. The van der Waals surface area contributed by atoms with Gasteiger partial charge < -0.3 is 10.0 Å². The van der Waals surface area contributed by atoms with Crippen molar-refractivity contribution in [2.75, 3.05) is 23.7 Å². The zero-order chi connectivity index (χ0) is 23.0. The summed E-state index contributed by atoms with van der Waals surface area (Å²) in [5.74, 6) is 0.239. The largest absolute Gasteiger partial charge is 0.480 e. The number of aromatic nitrogens is 1. The summed E-state index contributed by atoms with van der Waals surface area (Å²) in [4.78, 5) is 22.9. The average molecular weight is 484 g/mol. The van der Waals surface area contributed by atoms with E-state index in [1.807, 2.05) is 6.08 Å². The van der Waals surface area contributed by atoms with E-state index in [0.29, 0.717) is 11.7 Å². The molecule has 2 aromatic rings. The van der Waals surface area contributed by atoms with Crippen LogP contribution in [0.15, 0.2) is 48.0 Å². The van der Waals surface area contributed by atoms with E-state index in [9.17, 15) is 9.90 Å². The summed E-state index contributed by atoms with van der Waals surface area (Å²) >= 11 is 3.11. The number of carboxylic acid groups (broad SMARTS) is 1. The number of aliphatic imine (C=N–C) groups is 1. The quantitative estimate of drug-likeness (QED) is 0.274. The zero-order valence-corrected chi connectivity index (χ0v) is 20.8. The third-order valence-electron chi connectivity index (χ3n) is 6.25. The summed E-state index contributed by atoms with van der Waals surface area (Å²) in [7, 11) is 0. The highest BCUT2D eigenvalue weighted by molar-refractivity contribution is 8.15. The average Bonchev–Trinajstić information content (AvgIpc) is 3.48. The molecule has 0 amide bonds. The molecule has 4 rings (SSSR count). The lowest BCUT2D eigenvalue weighted by molar-refractivity contribution is -0.137. The number of thioether (sulfide) groups is 1. The van der Waals surface area contributed by atoms with E-state index in [1.165, 1.54) is 62.4 Å². The maximum Gasteiger partial charge on any atom is 0.329 e. The summed E-state index contributed by atoms with van der Waals surface area (Å²) < 4.78 is 1.14. The molecule has 2 heterocycles. The number of aliphatic carboxylic acids is 1. The van der Waals surface area contributed by atoms with Gasteiger partial charge in [-0.05, 0) is 62.6 Å². The molecule has 2 unspecified atom stereocenters. The third-order valence-corrected chi connectivity index (χ3v) is 8.46. The van der Waals surface area contributed by atoms with Crippen LogP contribution in [-0.4, -0.2) is 46.0 Å². The maximum atomic E-state index is 11.2. The Labute approximate surface area is 204 Å². The number of unbranched alkanes of at least 4 members (excludes halogenated alkanes) is 4. The van der Waals surface area contributed by atoms with Crippen molar-refractivity contribution in [2.24, 2.45) is 10.9 Å². The first-order chi connectivity index (χ1) is 16.1. The first-order valence-electron chi connectivity index (χ1n) is 12.0. The van der Waals surface area contributed by atoms with E-state index < -0.39 is 12.0 Å². The van der Waals surface area contributed by atoms with Gasteiger partial charge in [-0.15, -0.1) is 29.7 Å². The number of hydrogen-bond acceptors (Lipinski definition) is 6. The van der Waals surface area contributed by atoms with Crippen LogP contribution < -0.4 is 4.90 Å². The molecule has 0 fully saturated rings. The molecule has 7 heteroatoms. The summed E-state index contributed by atoms with van der Waals surface area (Å²) in [6.45, 7) is 5.95. The number of fused-ring (bicyclic) bond motifs is 1. The number of rotatable bonds is 12. The minimum atomic E-state index is -0.863. The van der Waals surface area contributed by atoms with Gasteiger partial charge in [-0.25, -0.2) is 9.78 Å². The molecular formula is C26H33N3O2S2. The van der Waals surface area contributed by atoms with E-state index in [0.717, 1.165) is 39.8 Å². The Morgan fingerprint density at radius 3 is 2.91 bits per heavy atom. The highest BCUT2D eigenvalue weighted by Crippen LogP contribution is 2.33. The van der Waals surface area contributed by atoms with Crippen LogP contribution in [0.3, 0.4) is 0 Å². The molecule has 176 valence electrons. The van der Waals surface area contributed by atoms with Crippen molar-refractivity contribution in [3.05, 3.63) is 48.0 Å². The summed E-state index contributed by atoms with van der Waals surface area (Å²) in [6, 6.07) is 5.90. The van der Waals surface area contributed by atoms with Crippen LogP contribution in [-0.2, 0) is 4.79 Å². The Bertz CT molecular complexity index is 1030. The minimum Gasteiger partial charge on any atom is -0.480 e. The SMILES string of the molecule is C=CCCCCCCN(CC1C=CCCC1)c1ccc2nc(C3=NC(C(=O)O)CS3)sc2c1. The lowest BCUT2D eigenvalue weighted by Crippen LogP contribution is -2.30. The number of anilines is 1. The maximum absolute atomic E-state index is 11.2. The Balaban J connectivity index is 1.49. The van der Waals surface area contributed by atoms with Crippen LogP contribution in [0, 0.1) is 5.92 Å². The van der Waals surface area contributed by atoms with Crippen molar-refractivity contribution in [3.8, 4) is 0 Å². The Hall–Kier alpha value is -2.12. The van der Waals surface area contributed by atoms with Gasteiger partial charge in [0.1, 0.15) is 10.1 Å². The first-order valence-corrected chi connectivity index (χ1v) is 13.8. The number of thiazole rings is 1. The van der Waals surface area contributed by atoms with E-state index in [4.69, 9.17) is 4.98 Å². The normalized spacial score (nSPS) is 20.2. The molecule has 2 atom stereocenters. The number of hydrogen-bond donors (Lipinski definition) is 1. The molecule has 0 bridgehead atoms. The van der Waals surface area contributed by atoms with E-state index in [2.05, 4.69) is 46.8 Å². The van der Waals surface area contributed by atoms with Crippen molar-refractivity contribution in [2.45, 2.75) is 57.4 Å². The second-order valence-corrected chi connectivity index (χ2v) is 10.9. The molecule has 0 saturated carbocycles. The third kappa shape index (κ3) is 6.48. The van der Waals surface area contributed by atoms with E-state index >= 15 is 0 Å². The van der Waals surface area contributed by atoms with Gasteiger partial charge in [0.05, 0.1) is 10.2 Å². The van der Waals surface area contributed by atoms with Gasteiger partial charge in [0.15, 0.2) is 6.04 Å². The Morgan fingerprint density at radius 1 is 1.27 bits per heavy atom. The van der Waals surface area contributed by atoms with Crippen molar-refractivity contribution in [3.63, 3.8) is 0 Å². The van der Waals surface area contributed by atoms with Crippen LogP contribution in [0.1, 0.15) is 56.4 Å². The fraction of sp³-hybridized carbons (Fsp3) is 0.500. The minimum absolute atomic E-state index is 0.487. The van der Waals surface area contributed by atoms with Gasteiger partial charge in [0.2, 0.25) is 0 Å². The van der Waals surface area contributed by atoms with Gasteiger partial charge in [-0.3, -0.25) is 4.99 Å². The second-order valence-electron chi connectivity index (χ2n) is 8.83. The number of carbonyl (C=O) groups is 1. The molecule has 33 heavy (non-hydrogen) atoms. The highest BCUT2D eigenvalue weighted by atomic mass is 32.2. The van der Waals surface area contributed by atoms with E-state index in [1.54, 1.807) is 11.3 Å². The summed E-state index contributed by atoms with van der Waals surface area (Å²) in [6.07, 6.45) is 16.6. The zero-order valence-electron chi connectivity index (χ0n) is 19.1. The molecule has 0 radical (unpaired) electrons. The summed E-state index contributed by atoms with van der Waals surface area (Å²) in [5, 5.41) is 10.8. The molecule has 2 aliphatic rings. The smallest absolute Gasteiger partial charge is 0.329 e. The van der Waals surface area contributed by atoms with Gasteiger partial charge in [0.25, 0.3) is 0 Å². The lowest BCUT2D eigenvalue weighted by atomic mass is 9.95. The number of nitrogens with zero attached hydrogens (tertiary/aromatic N) is 3. The molecule has 1 aromatic heterocycles. The fourth-order valence-electron chi connectivity index (χ4n) is 4.41. The fourth-order valence-corrected chi connectivity index (χ4v) is 6.50. The summed E-state index contributed by atoms with van der Waals surface area (Å²) in [5.41, 5.74) is 2.22. The van der Waals surface area contributed by atoms with Gasteiger partial charge >= 0.3 is 5.97 Å². The molecule has 0 spiro atoms. The highest BCUT2D eigenvalue weighted by Gasteiger charge is 2.27. The molecule has 0 saturated heterocycles. The van der Waals surface area contributed by atoms with E-state index in [-0.39, 0.29) is 0 Å². The molecule has 1 aromatic carbocycles. The molecule has 5 nitrogen and oxygen atoms in total. The monoisotopic (exact) mass is 483 g/mol.